The van der Waals surface area contributed by atoms with Crippen molar-refractivity contribution in [3.63, 3.8) is 0 Å². The number of H-pyrrole nitrogens is 1. The van der Waals surface area contributed by atoms with Crippen LogP contribution in [0, 0.1) is 0 Å². The second kappa shape index (κ2) is 4.52. The fraction of sp³-hybridized carbons (Fsp3) is 0.286. The molecule has 0 amide bonds. The van der Waals surface area contributed by atoms with Gasteiger partial charge in [-0.25, -0.2) is 14.5 Å². The highest BCUT2D eigenvalue weighted by molar-refractivity contribution is 6.33. The number of rotatable bonds is 2. The van der Waals surface area contributed by atoms with E-state index in [0.29, 0.717) is 10.8 Å². The maximum absolute atomic E-state index is 6.29. The van der Waals surface area contributed by atoms with E-state index in [9.17, 15) is 0 Å². The lowest BCUT2D eigenvalue weighted by molar-refractivity contribution is 0.627. The Labute approximate surface area is 122 Å². The van der Waals surface area contributed by atoms with Crippen molar-refractivity contribution >= 4 is 23.2 Å². The van der Waals surface area contributed by atoms with Crippen LogP contribution < -0.4 is 5.32 Å². The maximum atomic E-state index is 6.29. The van der Waals surface area contributed by atoms with Crippen LogP contribution in [0.5, 0.6) is 0 Å². The molecular weight excluding hydrogens is 274 g/mol. The molecule has 0 bridgehead atoms. The van der Waals surface area contributed by atoms with Gasteiger partial charge in [0.15, 0.2) is 5.82 Å². The maximum Gasteiger partial charge on any atom is 0.252 e. The van der Waals surface area contributed by atoms with Crippen molar-refractivity contribution in [2.45, 2.75) is 26.3 Å². The van der Waals surface area contributed by atoms with Gasteiger partial charge in [0.1, 0.15) is 12.0 Å². The van der Waals surface area contributed by atoms with Crippen LogP contribution in [0.3, 0.4) is 0 Å². The summed E-state index contributed by atoms with van der Waals surface area (Å²) in [6.07, 6.45) is 1.62. The predicted molar refractivity (Wildman–Crippen MR) is 81.2 cm³/mol. The van der Waals surface area contributed by atoms with Gasteiger partial charge in [-0.1, -0.05) is 29.8 Å². The highest BCUT2D eigenvalue weighted by Gasteiger charge is 2.21. The van der Waals surface area contributed by atoms with Gasteiger partial charge >= 0.3 is 0 Å². The lowest BCUT2D eigenvalue weighted by Crippen LogP contribution is -2.27. The molecule has 0 unspecified atom stereocenters. The van der Waals surface area contributed by atoms with Gasteiger partial charge in [0, 0.05) is 11.1 Å². The summed E-state index contributed by atoms with van der Waals surface area (Å²) in [6.45, 7) is 6.29. The van der Waals surface area contributed by atoms with E-state index in [4.69, 9.17) is 11.6 Å². The standard InChI is InChI=1S/C14H16ClN5/c1-14(2,3)19-12-11(9-6-4-5-7-10(9)15)18-13-16-8-17-20(12)13/h4-8,19H,1-3H3,(H,16,17,18). The first kappa shape index (κ1) is 13.0. The molecule has 3 rings (SSSR count). The molecule has 0 saturated carbocycles. The van der Waals surface area contributed by atoms with Gasteiger partial charge < -0.3 is 5.32 Å². The minimum Gasteiger partial charge on any atom is -0.364 e. The molecule has 20 heavy (non-hydrogen) atoms. The lowest BCUT2D eigenvalue weighted by Gasteiger charge is -2.22. The zero-order valence-corrected chi connectivity index (χ0v) is 12.4. The minimum atomic E-state index is -0.100. The first-order chi connectivity index (χ1) is 9.46. The Morgan fingerprint density at radius 3 is 2.70 bits per heavy atom. The van der Waals surface area contributed by atoms with E-state index in [1.807, 2.05) is 28.8 Å². The van der Waals surface area contributed by atoms with Gasteiger partial charge in [-0.2, -0.15) is 0 Å². The second-order valence-electron chi connectivity index (χ2n) is 5.69. The summed E-state index contributed by atoms with van der Waals surface area (Å²) in [5, 5.41) is 7.18. The predicted octanol–water partition coefficient (Wildman–Crippen LogP) is 3.59. The number of aromatic amines is 1. The molecule has 2 N–H and O–H groups in total. The molecule has 0 radical (unpaired) electrons. The molecule has 0 spiro atoms. The number of benzene rings is 1. The third kappa shape index (κ3) is 2.25. The van der Waals surface area contributed by atoms with Crippen LogP contribution in [-0.4, -0.2) is 25.1 Å². The van der Waals surface area contributed by atoms with Crippen molar-refractivity contribution < 1.29 is 0 Å². The van der Waals surface area contributed by atoms with Crippen LogP contribution in [0.1, 0.15) is 20.8 Å². The third-order valence-electron chi connectivity index (χ3n) is 2.85. The van der Waals surface area contributed by atoms with E-state index in [2.05, 4.69) is 41.2 Å². The molecule has 0 fully saturated rings. The van der Waals surface area contributed by atoms with Crippen LogP contribution in [0.25, 0.3) is 17.0 Å². The summed E-state index contributed by atoms with van der Waals surface area (Å²) in [5.74, 6) is 1.48. The monoisotopic (exact) mass is 289 g/mol. The number of aromatic nitrogens is 4. The van der Waals surface area contributed by atoms with Crippen LogP contribution in [0.2, 0.25) is 5.02 Å². The Morgan fingerprint density at radius 1 is 1.25 bits per heavy atom. The Balaban J connectivity index is 2.22. The number of nitrogens with zero attached hydrogens (tertiary/aromatic N) is 3. The van der Waals surface area contributed by atoms with Crippen LogP contribution in [0.15, 0.2) is 30.6 Å². The molecule has 104 valence electrons. The topological polar surface area (TPSA) is 58.0 Å². The van der Waals surface area contributed by atoms with Crippen LogP contribution in [0.4, 0.5) is 5.82 Å². The molecule has 2 heterocycles. The molecule has 0 aliphatic rings. The van der Waals surface area contributed by atoms with E-state index >= 15 is 0 Å². The highest BCUT2D eigenvalue weighted by atomic mass is 35.5. The van der Waals surface area contributed by atoms with E-state index < -0.39 is 0 Å². The lowest BCUT2D eigenvalue weighted by atomic mass is 10.1. The summed E-state index contributed by atoms with van der Waals surface area (Å²) >= 11 is 6.29. The van der Waals surface area contributed by atoms with Crippen molar-refractivity contribution in [1.29, 1.82) is 0 Å². The number of nitrogens with one attached hydrogen (secondary N) is 2. The Hall–Kier alpha value is -2.01. The number of halogens is 1. The van der Waals surface area contributed by atoms with Crippen molar-refractivity contribution in [3.8, 4) is 11.3 Å². The zero-order valence-electron chi connectivity index (χ0n) is 11.6. The molecule has 1 aromatic carbocycles. The number of fused-ring (bicyclic) bond motifs is 1. The Kier molecular flexibility index (Phi) is 2.94. The molecule has 0 aliphatic carbocycles. The highest BCUT2D eigenvalue weighted by Crippen LogP contribution is 2.33. The molecule has 0 aliphatic heterocycles. The van der Waals surface area contributed by atoms with Gasteiger partial charge in [-0.15, -0.1) is 0 Å². The first-order valence-corrected chi connectivity index (χ1v) is 6.78. The van der Waals surface area contributed by atoms with E-state index in [1.165, 1.54) is 0 Å². The largest absolute Gasteiger partial charge is 0.364 e. The fourth-order valence-electron chi connectivity index (χ4n) is 2.07. The number of hydrogen-bond donors (Lipinski definition) is 2. The summed E-state index contributed by atoms with van der Waals surface area (Å²) in [5.41, 5.74) is 1.58. The smallest absolute Gasteiger partial charge is 0.252 e. The Morgan fingerprint density at radius 2 is 2.00 bits per heavy atom. The van der Waals surface area contributed by atoms with Gasteiger partial charge in [-0.3, -0.25) is 5.10 Å². The van der Waals surface area contributed by atoms with Gasteiger partial charge in [0.25, 0.3) is 5.78 Å². The summed E-state index contributed by atoms with van der Waals surface area (Å²) < 4.78 is 1.82. The summed E-state index contributed by atoms with van der Waals surface area (Å²) in [4.78, 5) is 8.76. The summed E-state index contributed by atoms with van der Waals surface area (Å²) in [6, 6.07) is 7.67. The van der Waals surface area contributed by atoms with Crippen LogP contribution >= 0.6 is 11.6 Å². The minimum absolute atomic E-state index is 0.100. The van der Waals surface area contributed by atoms with Crippen molar-refractivity contribution in [1.82, 2.24) is 19.6 Å². The van der Waals surface area contributed by atoms with Gasteiger partial charge in [-0.05, 0) is 26.8 Å². The van der Waals surface area contributed by atoms with Crippen molar-refractivity contribution in [3.05, 3.63) is 35.6 Å². The average molecular weight is 290 g/mol. The number of hydrogen-bond acceptors (Lipinski definition) is 3. The molecule has 0 atom stereocenters. The summed E-state index contributed by atoms with van der Waals surface area (Å²) in [7, 11) is 0. The first-order valence-electron chi connectivity index (χ1n) is 6.40. The quantitative estimate of drug-likeness (QED) is 0.758. The fourth-order valence-corrected chi connectivity index (χ4v) is 2.30. The van der Waals surface area contributed by atoms with Crippen molar-refractivity contribution in [2.24, 2.45) is 0 Å². The molecule has 3 aromatic rings. The zero-order chi connectivity index (χ0) is 14.3. The average Bonchev–Trinajstić information content (AvgIpc) is 2.91. The molecule has 6 heteroatoms. The van der Waals surface area contributed by atoms with E-state index in [-0.39, 0.29) is 5.54 Å². The van der Waals surface area contributed by atoms with E-state index in [0.717, 1.165) is 17.1 Å². The normalized spacial score (nSPS) is 12.0. The molecule has 5 nitrogen and oxygen atoms in total. The van der Waals surface area contributed by atoms with Gasteiger partial charge in [0.05, 0.1) is 5.02 Å². The second-order valence-corrected chi connectivity index (χ2v) is 6.09. The molecular formula is C14H16ClN5. The molecule has 0 saturated heterocycles. The van der Waals surface area contributed by atoms with Gasteiger partial charge in [0.2, 0.25) is 0 Å². The number of anilines is 1. The van der Waals surface area contributed by atoms with Crippen molar-refractivity contribution in [2.75, 3.05) is 5.32 Å². The SMILES string of the molecule is CC(C)(C)Nc1c(-c2ccccc2Cl)nc2nc[nH]n12. The third-order valence-corrected chi connectivity index (χ3v) is 3.18. The Bertz CT molecular complexity index is 750. The molecule has 2 aromatic heterocycles. The number of imidazole rings is 1. The van der Waals surface area contributed by atoms with Crippen LogP contribution in [-0.2, 0) is 0 Å². The van der Waals surface area contributed by atoms with E-state index in [1.54, 1.807) is 6.33 Å².